The fraction of sp³-hybridized carbons (Fsp3) is 0.467. The SMILES string of the molecule is CC(C)(O)Cc1cnc2n1C[C@H](c1cccc(F)c1F)CC[C@H]2NC(=O)N1CCC(n2c(=O)[nH]c3ncccc32)CC1. The Morgan fingerprint density at radius 3 is 2.67 bits per heavy atom. The summed E-state index contributed by atoms with van der Waals surface area (Å²) in [5.41, 5.74) is 1.15. The molecular weight excluding hydrogens is 544 g/mol. The summed E-state index contributed by atoms with van der Waals surface area (Å²) in [7, 11) is 0. The predicted molar refractivity (Wildman–Crippen MR) is 152 cm³/mol. The number of aliphatic hydroxyl groups is 1. The highest BCUT2D eigenvalue weighted by atomic mass is 19.2. The third-order valence-electron chi connectivity index (χ3n) is 8.43. The first-order valence-electron chi connectivity index (χ1n) is 14.4. The highest BCUT2D eigenvalue weighted by molar-refractivity contribution is 5.75. The molecule has 1 fully saturated rings. The number of halogens is 2. The third kappa shape index (κ3) is 5.42. The van der Waals surface area contributed by atoms with Crippen molar-refractivity contribution in [3.63, 3.8) is 0 Å². The number of nitrogens with one attached hydrogen (secondary N) is 2. The molecule has 2 aliphatic heterocycles. The molecule has 0 saturated carbocycles. The number of aromatic nitrogens is 5. The van der Waals surface area contributed by atoms with Crippen LogP contribution in [0.4, 0.5) is 13.6 Å². The zero-order chi connectivity index (χ0) is 29.6. The highest BCUT2D eigenvalue weighted by Gasteiger charge is 2.33. The number of urea groups is 1. The van der Waals surface area contributed by atoms with E-state index in [9.17, 15) is 23.5 Å². The minimum absolute atomic E-state index is 0.0532. The van der Waals surface area contributed by atoms with Gasteiger partial charge in [-0.2, -0.15) is 0 Å². The average molecular weight is 580 g/mol. The number of hydrogen-bond acceptors (Lipinski definition) is 5. The quantitative estimate of drug-likeness (QED) is 0.328. The summed E-state index contributed by atoms with van der Waals surface area (Å²) in [6.07, 6.45) is 5.87. The van der Waals surface area contributed by atoms with E-state index in [2.05, 4.69) is 20.3 Å². The van der Waals surface area contributed by atoms with Crippen molar-refractivity contribution < 1.29 is 18.7 Å². The number of nitrogens with zero attached hydrogens (tertiary/aromatic N) is 5. The van der Waals surface area contributed by atoms with E-state index >= 15 is 0 Å². The van der Waals surface area contributed by atoms with Crippen LogP contribution < -0.4 is 11.0 Å². The van der Waals surface area contributed by atoms with Gasteiger partial charge in [0.1, 0.15) is 5.82 Å². The second-order valence-corrected chi connectivity index (χ2v) is 12.0. The molecular formula is C30H35F2N7O3. The summed E-state index contributed by atoms with van der Waals surface area (Å²) in [6.45, 7) is 4.71. The summed E-state index contributed by atoms with van der Waals surface area (Å²) < 4.78 is 32.6. The number of imidazole rings is 2. The number of hydrogen-bond donors (Lipinski definition) is 3. The number of likely N-dealkylation sites (tertiary alicyclic amines) is 1. The van der Waals surface area contributed by atoms with Gasteiger partial charge in [0.05, 0.1) is 17.2 Å². The standard InChI is InChI=1S/C30H35F2N7O3/c1-30(2,42)15-20-16-34-27-23(9-8-18(17-38(20)27)21-5-3-6-22(31)25(21)32)35-28(40)37-13-10-19(11-14-37)39-24-7-4-12-33-26(24)36-29(39)41/h3-7,12,16,18-19,23,42H,8-11,13-15,17H2,1-2H3,(H,35,40)(H,33,36,41)/t18-,23-/m1/s1. The molecule has 0 aliphatic carbocycles. The summed E-state index contributed by atoms with van der Waals surface area (Å²) in [5, 5.41) is 13.7. The van der Waals surface area contributed by atoms with Crippen LogP contribution in [0.15, 0.2) is 47.5 Å². The number of amides is 2. The van der Waals surface area contributed by atoms with Crippen molar-refractivity contribution in [2.45, 2.75) is 76.1 Å². The Morgan fingerprint density at radius 1 is 1.12 bits per heavy atom. The van der Waals surface area contributed by atoms with Crippen LogP contribution >= 0.6 is 0 Å². The number of carbonyl (C=O) groups is 1. The lowest BCUT2D eigenvalue weighted by atomic mass is 9.92. The van der Waals surface area contributed by atoms with Crippen LogP contribution in [0.3, 0.4) is 0 Å². The first kappa shape index (κ1) is 28.1. The third-order valence-corrected chi connectivity index (χ3v) is 8.43. The molecule has 12 heteroatoms. The van der Waals surface area contributed by atoms with E-state index in [1.807, 2.05) is 10.6 Å². The molecule has 2 atom stereocenters. The van der Waals surface area contributed by atoms with Gasteiger partial charge in [0.25, 0.3) is 0 Å². The fourth-order valence-corrected chi connectivity index (χ4v) is 6.42. The second-order valence-electron chi connectivity index (χ2n) is 12.0. The summed E-state index contributed by atoms with van der Waals surface area (Å²) >= 11 is 0. The Bertz CT molecular complexity index is 1660. The van der Waals surface area contributed by atoms with Gasteiger partial charge in [0, 0.05) is 56.1 Å². The van der Waals surface area contributed by atoms with E-state index < -0.39 is 23.3 Å². The van der Waals surface area contributed by atoms with Crippen LogP contribution in [0, 0.1) is 11.6 Å². The van der Waals surface area contributed by atoms with Crippen LogP contribution in [0.5, 0.6) is 0 Å². The smallest absolute Gasteiger partial charge is 0.327 e. The maximum atomic E-state index is 14.8. The molecule has 5 heterocycles. The van der Waals surface area contributed by atoms with Gasteiger partial charge in [-0.3, -0.25) is 9.55 Å². The number of aromatic amines is 1. The molecule has 0 unspecified atom stereocenters. The van der Waals surface area contributed by atoms with Crippen LogP contribution in [0.25, 0.3) is 11.2 Å². The average Bonchev–Trinajstić information content (AvgIpc) is 3.43. The van der Waals surface area contributed by atoms with Crippen molar-refractivity contribution in [3.8, 4) is 0 Å². The molecule has 0 radical (unpaired) electrons. The van der Waals surface area contributed by atoms with E-state index in [-0.39, 0.29) is 23.7 Å². The van der Waals surface area contributed by atoms with Crippen LogP contribution in [0.2, 0.25) is 0 Å². The van der Waals surface area contributed by atoms with Crippen molar-refractivity contribution in [1.82, 2.24) is 34.3 Å². The number of carbonyl (C=O) groups excluding carboxylic acids is 1. The lowest BCUT2D eigenvalue weighted by Crippen LogP contribution is -2.46. The van der Waals surface area contributed by atoms with Gasteiger partial charge in [-0.25, -0.2) is 28.3 Å². The highest BCUT2D eigenvalue weighted by Crippen LogP contribution is 2.36. The van der Waals surface area contributed by atoms with Crippen molar-refractivity contribution >= 4 is 17.2 Å². The Hall–Kier alpha value is -4.06. The van der Waals surface area contributed by atoms with Crippen LogP contribution in [-0.2, 0) is 13.0 Å². The molecule has 3 aromatic heterocycles. The van der Waals surface area contributed by atoms with E-state index in [1.54, 1.807) is 47.8 Å². The number of piperidine rings is 1. The largest absolute Gasteiger partial charge is 0.390 e. The lowest BCUT2D eigenvalue weighted by Gasteiger charge is -2.33. The zero-order valence-corrected chi connectivity index (χ0v) is 23.7. The Morgan fingerprint density at radius 2 is 1.90 bits per heavy atom. The number of benzene rings is 1. The van der Waals surface area contributed by atoms with Gasteiger partial charge in [-0.15, -0.1) is 0 Å². The molecule has 222 valence electrons. The zero-order valence-electron chi connectivity index (χ0n) is 23.7. The maximum absolute atomic E-state index is 14.8. The Labute approximate surface area is 241 Å². The molecule has 10 nitrogen and oxygen atoms in total. The van der Waals surface area contributed by atoms with Crippen molar-refractivity contribution in [2.24, 2.45) is 0 Å². The maximum Gasteiger partial charge on any atom is 0.327 e. The lowest BCUT2D eigenvalue weighted by molar-refractivity contribution is 0.0788. The van der Waals surface area contributed by atoms with E-state index in [0.29, 0.717) is 68.8 Å². The second kappa shape index (κ2) is 11.0. The monoisotopic (exact) mass is 579 g/mol. The van der Waals surface area contributed by atoms with Crippen molar-refractivity contribution in [3.05, 3.63) is 81.9 Å². The minimum atomic E-state index is -1.01. The fourth-order valence-electron chi connectivity index (χ4n) is 6.42. The van der Waals surface area contributed by atoms with Gasteiger partial charge in [0.15, 0.2) is 17.3 Å². The summed E-state index contributed by atoms with van der Waals surface area (Å²) in [4.78, 5) is 39.5. The molecule has 1 saturated heterocycles. The van der Waals surface area contributed by atoms with Gasteiger partial charge in [-0.1, -0.05) is 12.1 Å². The number of pyridine rings is 1. The molecule has 6 rings (SSSR count). The predicted octanol–water partition coefficient (Wildman–Crippen LogP) is 4.18. The van der Waals surface area contributed by atoms with Crippen LogP contribution in [-0.4, -0.2) is 58.8 Å². The molecule has 1 aromatic carbocycles. The van der Waals surface area contributed by atoms with E-state index in [0.717, 1.165) is 17.3 Å². The molecule has 2 aliphatic rings. The topological polar surface area (TPSA) is 121 Å². The number of fused-ring (bicyclic) bond motifs is 2. The van der Waals surface area contributed by atoms with Crippen LogP contribution in [0.1, 0.15) is 74.6 Å². The van der Waals surface area contributed by atoms with E-state index in [1.165, 1.54) is 6.07 Å². The molecule has 4 aromatic rings. The minimum Gasteiger partial charge on any atom is -0.390 e. The molecule has 3 N–H and O–H groups in total. The van der Waals surface area contributed by atoms with E-state index in [4.69, 9.17) is 0 Å². The Balaban J connectivity index is 1.20. The molecule has 2 amide bonds. The van der Waals surface area contributed by atoms with Gasteiger partial charge < -0.3 is 19.9 Å². The van der Waals surface area contributed by atoms with Crippen molar-refractivity contribution in [1.29, 1.82) is 0 Å². The Kier molecular flexibility index (Phi) is 7.34. The summed E-state index contributed by atoms with van der Waals surface area (Å²) in [6, 6.07) is 7.14. The molecule has 42 heavy (non-hydrogen) atoms. The first-order valence-corrected chi connectivity index (χ1v) is 14.4. The first-order chi connectivity index (χ1) is 20.1. The van der Waals surface area contributed by atoms with Gasteiger partial charge >= 0.3 is 11.7 Å². The normalized spacial score (nSPS) is 20.0. The van der Waals surface area contributed by atoms with Gasteiger partial charge in [-0.05, 0) is 63.3 Å². The number of rotatable bonds is 5. The molecule has 0 bridgehead atoms. The van der Waals surface area contributed by atoms with Gasteiger partial charge in [0.2, 0.25) is 0 Å². The summed E-state index contributed by atoms with van der Waals surface area (Å²) in [5.74, 6) is -1.45. The van der Waals surface area contributed by atoms with Crippen molar-refractivity contribution in [2.75, 3.05) is 13.1 Å². The molecule has 0 spiro atoms. The number of H-pyrrole nitrogens is 1.